The zero-order chi connectivity index (χ0) is 15.7. The van der Waals surface area contributed by atoms with E-state index >= 15 is 0 Å². The summed E-state index contributed by atoms with van der Waals surface area (Å²) in [6.45, 7) is 3.41. The molecule has 2 heterocycles. The van der Waals surface area contributed by atoms with Crippen molar-refractivity contribution < 1.29 is 18.7 Å². The molecule has 0 saturated carbocycles. The van der Waals surface area contributed by atoms with Crippen LogP contribution in [0.2, 0.25) is 0 Å². The number of piperidine rings is 1. The van der Waals surface area contributed by atoms with Crippen LogP contribution in [0.15, 0.2) is 12.1 Å². The summed E-state index contributed by atoms with van der Waals surface area (Å²) in [5, 5.41) is 12.1. The molecule has 1 saturated heterocycles. The summed E-state index contributed by atoms with van der Waals surface area (Å²) in [6.07, 6.45) is -0.227. The van der Waals surface area contributed by atoms with E-state index in [4.69, 9.17) is 0 Å². The number of carbonyl (C=O) groups is 1. The minimum atomic E-state index is -3.76. The molecule has 4 nitrogen and oxygen atoms in total. The van der Waals surface area contributed by atoms with Gasteiger partial charge in [-0.15, -0.1) is 11.3 Å². The Kier molecular flexibility index (Phi) is 4.65. The van der Waals surface area contributed by atoms with Gasteiger partial charge in [-0.2, -0.15) is 8.78 Å². The number of carbonyl (C=O) groups excluding carboxylic acids is 1. The number of rotatable bonds is 4. The minimum Gasteiger partial charge on any atom is -0.383 e. The number of hydrogen-bond acceptors (Lipinski definition) is 4. The van der Waals surface area contributed by atoms with E-state index < -0.39 is 17.4 Å². The first-order chi connectivity index (χ1) is 9.78. The molecule has 1 aromatic rings. The molecule has 1 amide bonds. The van der Waals surface area contributed by atoms with Crippen molar-refractivity contribution in [3.8, 4) is 0 Å². The highest BCUT2D eigenvalue weighted by molar-refractivity contribution is 7.11. The van der Waals surface area contributed by atoms with Crippen LogP contribution in [-0.4, -0.2) is 47.6 Å². The Balaban J connectivity index is 1.97. The van der Waals surface area contributed by atoms with E-state index in [1.807, 2.05) is 29.3 Å². The fraction of sp³-hybridized carbons (Fsp3) is 0.643. The molecule has 0 bridgehead atoms. The number of likely N-dealkylation sites (tertiary alicyclic amines) is 1. The van der Waals surface area contributed by atoms with Crippen LogP contribution in [0.25, 0.3) is 0 Å². The maximum atomic E-state index is 14.0. The van der Waals surface area contributed by atoms with Crippen LogP contribution < -0.4 is 5.32 Å². The fourth-order valence-electron chi connectivity index (χ4n) is 2.55. The van der Waals surface area contributed by atoms with Gasteiger partial charge in [0.25, 0.3) is 5.91 Å². The highest BCUT2D eigenvalue weighted by Gasteiger charge is 2.58. The average Bonchev–Trinajstić information content (AvgIpc) is 2.85. The lowest BCUT2D eigenvalue weighted by Gasteiger charge is -2.41. The third kappa shape index (κ3) is 3.25. The second-order valence-electron chi connectivity index (χ2n) is 5.47. The zero-order valence-corrected chi connectivity index (χ0v) is 13.0. The molecule has 21 heavy (non-hydrogen) atoms. The number of nitrogens with zero attached hydrogens (tertiary/aromatic N) is 1. The molecule has 1 aliphatic rings. The van der Waals surface area contributed by atoms with Gasteiger partial charge in [0, 0.05) is 36.4 Å². The summed E-state index contributed by atoms with van der Waals surface area (Å²) in [5.74, 6) is -5.18. The molecule has 0 radical (unpaired) electrons. The van der Waals surface area contributed by atoms with Crippen molar-refractivity contribution in [3.63, 3.8) is 0 Å². The van der Waals surface area contributed by atoms with Gasteiger partial charge in [0.1, 0.15) is 5.60 Å². The Bertz CT molecular complexity index is 511. The number of nitrogens with one attached hydrogen (secondary N) is 1. The molecule has 118 valence electrons. The summed E-state index contributed by atoms with van der Waals surface area (Å²) in [5.41, 5.74) is -2.26. The van der Waals surface area contributed by atoms with E-state index in [1.165, 1.54) is 9.75 Å². The predicted molar refractivity (Wildman–Crippen MR) is 77.5 cm³/mol. The number of thiophene rings is 1. The van der Waals surface area contributed by atoms with E-state index in [9.17, 15) is 18.7 Å². The van der Waals surface area contributed by atoms with Crippen LogP contribution in [0.4, 0.5) is 8.78 Å². The zero-order valence-electron chi connectivity index (χ0n) is 12.2. The van der Waals surface area contributed by atoms with Crippen LogP contribution in [-0.2, 0) is 11.3 Å². The normalized spacial score (nSPS) is 19.5. The smallest absolute Gasteiger partial charge is 0.352 e. The van der Waals surface area contributed by atoms with Crippen LogP contribution in [0, 0.1) is 6.92 Å². The minimum absolute atomic E-state index is 0.113. The third-order valence-electron chi connectivity index (χ3n) is 3.96. The van der Waals surface area contributed by atoms with Crippen molar-refractivity contribution in [1.29, 1.82) is 0 Å². The van der Waals surface area contributed by atoms with E-state index in [0.29, 0.717) is 19.6 Å². The van der Waals surface area contributed by atoms with Crippen molar-refractivity contribution in [1.82, 2.24) is 10.2 Å². The van der Waals surface area contributed by atoms with Gasteiger partial charge in [0.2, 0.25) is 0 Å². The Hall–Kier alpha value is -1.05. The van der Waals surface area contributed by atoms with Gasteiger partial charge < -0.3 is 10.4 Å². The number of amides is 1. The summed E-state index contributed by atoms with van der Waals surface area (Å²) in [7, 11) is 1.15. The predicted octanol–water partition coefficient (Wildman–Crippen LogP) is 1.76. The molecular weight excluding hydrogens is 298 g/mol. The summed E-state index contributed by atoms with van der Waals surface area (Å²) in [6, 6.07) is 4.06. The molecule has 0 atom stereocenters. The first-order valence-electron chi connectivity index (χ1n) is 6.88. The Morgan fingerprint density at radius 3 is 2.57 bits per heavy atom. The van der Waals surface area contributed by atoms with Gasteiger partial charge in [-0.25, -0.2) is 0 Å². The van der Waals surface area contributed by atoms with Crippen LogP contribution in [0.5, 0.6) is 0 Å². The molecule has 0 aliphatic carbocycles. The molecule has 0 aromatic carbocycles. The number of aryl methyl sites for hydroxylation is 1. The van der Waals surface area contributed by atoms with Crippen molar-refractivity contribution in [2.75, 3.05) is 20.1 Å². The van der Waals surface area contributed by atoms with Crippen LogP contribution in [0.3, 0.4) is 0 Å². The monoisotopic (exact) mass is 318 g/mol. The van der Waals surface area contributed by atoms with Gasteiger partial charge in [-0.05, 0) is 31.9 Å². The average molecular weight is 318 g/mol. The van der Waals surface area contributed by atoms with Gasteiger partial charge in [0.15, 0.2) is 0 Å². The lowest BCUT2D eigenvalue weighted by molar-refractivity contribution is -0.204. The topological polar surface area (TPSA) is 52.6 Å². The molecule has 2 rings (SSSR count). The molecule has 7 heteroatoms. The lowest BCUT2D eigenvalue weighted by Crippen LogP contribution is -2.60. The number of alkyl halides is 2. The fourth-order valence-corrected chi connectivity index (χ4v) is 3.49. The van der Waals surface area contributed by atoms with Gasteiger partial charge >= 0.3 is 5.92 Å². The summed E-state index contributed by atoms with van der Waals surface area (Å²) in [4.78, 5) is 15.7. The molecule has 0 spiro atoms. The van der Waals surface area contributed by atoms with Crippen molar-refractivity contribution >= 4 is 17.2 Å². The molecule has 1 aromatic heterocycles. The lowest BCUT2D eigenvalue weighted by atomic mass is 9.84. The second-order valence-corrected chi connectivity index (χ2v) is 6.85. The van der Waals surface area contributed by atoms with Crippen molar-refractivity contribution in [2.24, 2.45) is 0 Å². The van der Waals surface area contributed by atoms with Crippen LogP contribution >= 0.6 is 11.3 Å². The second kappa shape index (κ2) is 5.98. The molecule has 0 unspecified atom stereocenters. The highest BCUT2D eigenvalue weighted by atomic mass is 32.1. The number of hydrogen-bond donors (Lipinski definition) is 2. The van der Waals surface area contributed by atoms with E-state index in [-0.39, 0.29) is 12.8 Å². The first kappa shape index (κ1) is 16.3. The maximum Gasteiger partial charge on any atom is 0.352 e. The van der Waals surface area contributed by atoms with Crippen molar-refractivity contribution in [3.05, 3.63) is 21.9 Å². The standard InChI is InChI=1S/C14H20F2N2O2S/c1-10-3-4-11(21-10)9-18-7-5-13(20,6-8-18)14(15,16)12(19)17-2/h3-4,20H,5-9H2,1-2H3,(H,17,19). The number of aliphatic hydroxyl groups is 1. The summed E-state index contributed by atoms with van der Waals surface area (Å²) < 4.78 is 27.9. The van der Waals surface area contributed by atoms with Gasteiger partial charge in [0.05, 0.1) is 0 Å². The van der Waals surface area contributed by atoms with Gasteiger partial charge in [-0.3, -0.25) is 9.69 Å². The molecule has 1 fully saturated rings. The maximum absolute atomic E-state index is 14.0. The quantitative estimate of drug-likeness (QED) is 0.889. The van der Waals surface area contributed by atoms with E-state index in [2.05, 4.69) is 0 Å². The van der Waals surface area contributed by atoms with E-state index in [1.54, 1.807) is 11.3 Å². The molecule has 1 aliphatic heterocycles. The van der Waals surface area contributed by atoms with Gasteiger partial charge in [-0.1, -0.05) is 0 Å². The Morgan fingerprint density at radius 2 is 2.10 bits per heavy atom. The number of halogens is 2. The Morgan fingerprint density at radius 1 is 1.48 bits per heavy atom. The Labute approximate surface area is 126 Å². The van der Waals surface area contributed by atoms with E-state index in [0.717, 1.165) is 7.05 Å². The molecule has 2 N–H and O–H groups in total. The highest BCUT2D eigenvalue weighted by Crippen LogP contribution is 2.38. The summed E-state index contributed by atoms with van der Waals surface area (Å²) >= 11 is 1.68. The first-order valence-corrected chi connectivity index (χ1v) is 7.70. The van der Waals surface area contributed by atoms with Crippen LogP contribution in [0.1, 0.15) is 22.6 Å². The molecular formula is C14H20F2N2O2S. The largest absolute Gasteiger partial charge is 0.383 e. The van der Waals surface area contributed by atoms with Crippen molar-refractivity contribution in [2.45, 2.75) is 37.8 Å². The third-order valence-corrected chi connectivity index (χ3v) is 4.94. The SMILES string of the molecule is CNC(=O)C(F)(F)C1(O)CCN(Cc2ccc(C)s2)CC1.